The van der Waals surface area contributed by atoms with Gasteiger partial charge < -0.3 is 15.0 Å². The molecule has 1 aliphatic rings. The van der Waals surface area contributed by atoms with Crippen molar-refractivity contribution in [2.75, 3.05) is 19.7 Å². The van der Waals surface area contributed by atoms with Crippen LogP contribution in [-0.2, 0) is 4.79 Å². The topological polar surface area (TPSA) is 58.6 Å². The van der Waals surface area contributed by atoms with Gasteiger partial charge in [0.1, 0.15) is 5.75 Å². The van der Waals surface area contributed by atoms with Gasteiger partial charge in [0.2, 0.25) is 0 Å². The summed E-state index contributed by atoms with van der Waals surface area (Å²) in [4.78, 5) is 26.5. The van der Waals surface area contributed by atoms with Gasteiger partial charge in [0, 0.05) is 29.2 Å². The van der Waals surface area contributed by atoms with Crippen LogP contribution >= 0.6 is 15.9 Å². The summed E-state index contributed by atoms with van der Waals surface area (Å²) in [6.07, 6.45) is 1.50. The van der Waals surface area contributed by atoms with Crippen molar-refractivity contribution in [1.29, 1.82) is 0 Å². The first-order chi connectivity index (χ1) is 13.0. The average molecular weight is 431 g/mol. The predicted molar refractivity (Wildman–Crippen MR) is 108 cm³/mol. The van der Waals surface area contributed by atoms with E-state index in [-0.39, 0.29) is 24.5 Å². The van der Waals surface area contributed by atoms with Crippen molar-refractivity contribution in [3.8, 4) is 5.75 Å². The maximum Gasteiger partial charge on any atom is 0.258 e. The number of amides is 2. The smallest absolute Gasteiger partial charge is 0.258 e. The Bertz CT molecular complexity index is 782. The summed E-state index contributed by atoms with van der Waals surface area (Å²) in [5.74, 6) is 0.575. The molecule has 0 bridgehead atoms. The number of likely N-dealkylation sites (tertiary alicyclic amines) is 1. The van der Waals surface area contributed by atoms with E-state index in [1.807, 2.05) is 60.4 Å². The van der Waals surface area contributed by atoms with Crippen LogP contribution in [0.25, 0.3) is 0 Å². The molecule has 0 aromatic heterocycles. The largest absolute Gasteiger partial charge is 0.484 e. The fourth-order valence-electron chi connectivity index (χ4n) is 3.05. The van der Waals surface area contributed by atoms with Gasteiger partial charge in [0.25, 0.3) is 11.8 Å². The minimum Gasteiger partial charge on any atom is -0.484 e. The molecule has 27 heavy (non-hydrogen) atoms. The van der Waals surface area contributed by atoms with Crippen molar-refractivity contribution in [1.82, 2.24) is 10.2 Å². The Kier molecular flexibility index (Phi) is 6.50. The van der Waals surface area contributed by atoms with Crippen LogP contribution in [0.4, 0.5) is 0 Å². The molecular weight excluding hydrogens is 408 g/mol. The van der Waals surface area contributed by atoms with Gasteiger partial charge in [-0.3, -0.25) is 9.59 Å². The van der Waals surface area contributed by atoms with Crippen LogP contribution in [0.2, 0.25) is 0 Å². The zero-order valence-corrected chi connectivity index (χ0v) is 16.9. The highest BCUT2D eigenvalue weighted by Gasteiger charge is 2.24. The van der Waals surface area contributed by atoms with Crippen molar-refractivity contribution in [2.45, 2.75) is 25.8 Å². The second kappa shape index (κ2) is 9.04. The van der Waals surface area contributed by atoms with E-state index in [1.165, 1.54) is 0 Å². The number of rotatable bonds is 5. The Morgan fingerprint density at radius 2 is 1.70 bits per heavy atom. The lowest BCUT2D eigenvalue weighted by Gasteiger charge is -2.32. The molecule has 1 fully saturated rings. The zero-order valence-electron chi connectivity index (χ0n) is 15.3. The monoisotopic (exact) mass is 430 g/mol. The first-order valence-corrected chi connectivity index (χ1v) is 9.84. The third kappa shape index (κ3) is 5.57. The van der Waals surface area contributed by atoms with Crippen LogP contribution in [0.15, 0.2) is 53.0 Å². The van der Waals surface area contributed by atoms with Gasteiger partial charge in [0.15, 0.2) is 6.61 Å². The minimum atomic E-state index is -0.138. The van der Waals surface area contributed by atoms with Crippen molar-refractivity contribution in [2.24, 2.45) is 0 Å². The molecule has 2 aromatic carbocycles. The minimum absolute atomic E-state index is 0.00978. The number of piperidine rings is 1. The number of aryl methyl sites for hydroxylation is 1. The van der Waals surface area contributed by atoms with Gasteiger partial charge in [-0.15, -0.1) is 0 Å². The first-order valence-electron chi connectivity index (χ1n) is 9.05. The molecule has 142 valence electrons. The van der Waals surface area contributed by atoms with Crippen LogP contribution in [-0.4, -0.2) is 42.5 Å². The van der Waals surface area contributed by atoms with Gasteiger partial charge in [-0.25, -0.2) is 0 Å². The average Bonchev–Trinajstić information content (AvgIpc) is 2.68. The van der Waals surface area contributed by atoms with Gasteiger partial charge in [-0.05, 0) is 56.2 Å². The molecule has 1 saturated heterocycles. The third-order valence-electron chi connectivity index (χ3n) is 4.63. The highest BCUT2D eigenvalue weighted by molar-refractivity contribution is 9.10. The molecule has 0 aliphatic carbocycles. The maximum absolute atomic E-state index is 12.5. The highest BCUT2D eigenvalue weighted by Crippen LogP contribution is 2.17. The van der Waals surface area contributed by atoms with E-state index in [2.05, 4.69) is 21.2 Å². The van der Waals surface area contributed by atoms with E-state index in [0.29, 0.717) is 24.4 Å². The van der Waals surface area contributed by atoms with E-state index < -0.39 is 0 Å². The molecule has 2 amide bonds. The molecule has 3 rings (SSSR count). The van der Waals surface area contributed by atoms with Gasteiger partial charge >= 0.3 is 0 Å². The van der Waals surface area contributed by atoms with Crippen molar-refractivity contribution in [3.05, 3.63) is 64.1 Å². The second-order valence-corrected chi connectivity index (χ2v) is 7.66. The lowest BCUT2D eigenvalue weighted by atomic mass is 10.0. The number of nitrogens with zero attached hydrogens (tertiary/aromatic N) is 1. The van der Waals surface area contributed by atoms with Gasteiger partial charge in [0.05, 0.1) is 0 Å². The lowest BCUT2D eigenvalue weighted by Crippen LogP contribution is -2.47. The summed E-state index contributed by atoms with van der Waals surface area (Å²) in [5, 5.41) is 3.00. The van der Waals surface area contributed by atoms with E-state index >= 15 is 0 Å². The fourth-order valence-corrected chi connectivity index (χ4v) is 3.32. The molecule has 0 radical (unpaired) electrons. The van der Waals surface area contributed by atoms with Gasteiger partial charge in [-0.2, -0.15) is 0 Å². The SMILES string of the molecule is Cc1ccc(C(=O)N2CCC(NC(=O)COc3ccc(Br)cc3)CC2)cc1. The molecule has 5 nitrogen and oxygen atoms in total. The molecule has 0 unspecified atom stereocenters. The Morgan fingerprint density at radius 1 is 1.07 bits per heavy atom. The molecule has 6 heteroatoms. The number of nitrogens with one attached hydrogen (secondary N) is 1. The van der Waals surface area contributed by atoms with Crippen LogP contribution in [0.1, 0.15) is 28.8 Å². The Balaban J connectivity index is 1.42. The zero-order chi connectivity index (χ0) is 19.2. The number of hydrogen-bond donors (Lipinski definition) is 1. The van der Waals surface area contributed by atoms with Gasteiger partial charge in [-0.1, -0.05) is 33.6 Å². The quantitative estimate of drug-likeness (QED) is 0.788. The number of ether oxygens (including phenoxy) is 1. The Hall–Kier alpha value is -2.34. The summed E-state index contributed by atoms with van der Waals surface area (Å²) >= 11 is 3.36. The number of hydrogen-bond acceptors (Lipinski definition) is 3. The van der Waals surface area contributed by atoms with Crippen LogP contribution in [0.5, 0.6) is 5.75 Å². The van der Waals surface area contributed by atoms with Crippen molar-refractivity contribution in [3.63, 3.8) is 0 Å². The van der Waals surface area contributed by atoms with Crippen LogP contribution < -0.4 is 10.1 Å². The predicted octanol–water partition coefficient (Wildman–Crippen LogP) is 3.56. The van der Waals surface area contributed by atoms with E-state index in [4.69, 9.17) is 4.74 Å². The third-order valence-corrected chi connectivity index (χ3v) is 5.16. The standard InChI is InChI=1S/C21H23BrN2O3/c1-15-2-4-16(5-3-15)21(26)24-12-10-18(11-13-24)23-20(25)14-27-19-8-6-17(22)7-9-19/h2-9,18H,10-14H2,1H3,(H,23,25). The summed E-state index contributed by atoms with van der Waals surface area (Å²) in [7, 11) is 0. The number of carbonyl (C=O) groups excluding carboxylic acids is 2. The fraction of sp³-hybridized carbons (Fsp3) is 0.333. The summed E-state index contributed by atoms with van der Waals surface area (Å²) in [6.45, 7) is 3.28. The van der Waals surface area contributed by atoms with E-state index in [9.17, 15) is 9.59 Å². The maximum atomic E-state index is 12.5. The normalized spacial score (nSPS) is 14.7. The Morgan fingerprint density at radius 3 is 2.33 bits per heavy atom. The van der Waals surface area contributed by atoms with E-state index in [1.54, 1.807) is 0 Å². The Labute approximate surface area is 167 Å². The summed E-state index contributed by atoms with van der Waals surface area (Å²) < 4.78 is 6.46. The number of benzene rings is 2. The molecule has 0 atom stereocenters. The highest BCUT2D eigenvalue weighted by atomic mass is 79.9. The second-order valence-electron chi connectivity index (χ2n) is 6.74. The number of halogens is 1. The molecule has 0 spiro atoms. The molecule has 0 saturated carbocycles. The first kappa shape index (κ1) is 19.4. The van der Waals surface area contributed by atoms with Crippen LogP contribution in [0.3, 0.4) is 0 Å². The van der Waals surface area contributed by atoms with Crippen molar-refractivity contribution < 1.29 is 14.3 Å². The molecule has 1 heterocycles. The van der Waals surface area contributed by atoms with Crippen LogP contribution in [0, 0.1) is 6.92 Å². The molecule has 1 aliphatic heterocycles. The van der Waals surface area contributed by atoms with E-state index in [0.717, 1.165) is 22.9 Å². The molecular formula is C21H23BrN2O3. The summed E-state index contributed by atoms with van der Waals surface area (Å²) in [6, 6.07) is 15.1. The van der Waals surface area contributed by atoms with Crippen molar-refractivity contribution >= 4 is 27.7 Å². The lowest BCUT2D eigenvalue weighted by molar-refractivity contribution is -0.124. The number of carbonyl (C=O) groups is 2. The molecule has 1 N–H and O–H groups in total. The summed E-state index contributed by atoms with van der Waals surface area (Å²) in [5.41, 5.74) is 1.85. The molecule has 2 aromatic rings.